The van der Waals surface area contributed by atoms with Gasteiger partial charge in [-0.15, -0.1) is 0 Å². The number of aromatic nitrogens is 3. The van der Waals surface area contributed by atoms with E-state index < -0.39 is 0 Å². The normalized spacial score (nSPS) is 11.5. The maximum absolute atomic E-state index is 6.47. The third-order valence-electron chi connectivity index (χ3n) is 7.82. The lowest BCUT2D eigenvalue weighted by atomic mass is 9.96. The Kier molecular flexibility index (Phi) is 5.51. The van der Waals surface area contributed by atoms with E-state index in [1.54, 1.807) is 0 Å². The molecule has 1 aromatic heterocycles. The third-order valence-corrected chi connectivity index (χ3v) is 7.98. The lowest BCUT2D eigenvalue weighted by Crippen LogP contribution is -1.97. The van der Waals surface area contributed by atoms with Gasteiger partial charge in [0, 0.05) is 11.1 Å². The molecule has 192 valence electrons. The number of fused-ring (bicyclic) bond motifs is 6. The van der Waals surface area contributed by atoms with Gasteiger partial charge in [-0.3, -0.25) is 0 Å². The fourth-order valence-corrected chi connectivity index (χ4v) is 5.92. The molecule has 8 aromatic rings. The molecule has 7 aromatic carbocycles. The van der Waals surface area contributed by atoms with Crippen molar-refractivity contribution in [2.45, 2.75) is 0 Å². The summed E-state index contributed by atoms with van der Waals surface area (Å²) in [6, 6.07) is 46.8. The van der Waals surface area contributed by atoms with Crippen molar-refractivity contribution in [3.05, 3.63) is 139 Å². The van der Waals surface area contributed by atoms with Crippen LogP contribution in [0.2, 0.25) is 5.28 Å². The molecule has 0 saturated heterocycles. The summed E-state index contributed by atoms with van der Waals surface area (Å²) in [6.45, 7) is 0. The molecule has 0 aliphatic rings. The van der Waals surface area contributed by atoms with Crippen LogP contribution in [0.15, 0.2) is 133 Å². The minimum absolute atomic E-state index is 0.175. The maximum Gasteiger partial charge on any atom is 0.226 e. The topological polar surface area (TPSA) is 38.7 Å². The standard InChI is InChI=1S/C37H22ClN3/c38-37-40-35(29-15-13-27-20-26(11-12-28(27)21-29)23-6-2-1-3-7-23)39-36(41-37)30-14-10-25-17-18-32-31-9-5-4-8-24(31)16-19-33(32)34(25)22-30/h1-22H. The monoisotopic (exact) mass is 543 g/mol. The Hall–Kier alpha value is -5.12. The molecule has 0 saturated carbocycles. The van der Waals surface area contributed by atoms with Gasteiger partial charge in [0.15, 0.2) is 11.6 Å². The highest BCUT2D eigenvalue weighted by Gasteiger charge is 2.12. The molecule has 0 N–H and O–H groups in total. The van der Waals surface area contributed by atoms with Crippen LogP contribution in [0.1, 0.15) is 0 Å². The molecule has 3 nitrogen and oxygen atoms in total. The fraction of sp³-hybridized carbons (Fsp3) is 0. The summed E-state index contributed by atoms with van der Waals surface area (Å²) in [7, 11) is 0. The number of benzene rings is 7. The van der Waals surface area contributed by atoms with E-state index in [1.165, 1.54) is 38.1 Å². The summed E-state index contributed by atoms with van der Waals surface area (Å²) in [5, 5.41) is 9.68. The van der Waals surface area contributed by atoms with Crippen LogP contribution in [-0.4, -0.2) is 15.0 Å². The summed E-state index contributed by atoms with van der Waals surface area (Å²) < 4.78 is 0. The molecule has 41 heavy (non-hydrogen) atoms. The number of hydrogen-bond acceptors (Lipinski definition) is 3. The second-order valence-electron chi connectivity index (χ2n) is 10.3. The third kappa shape index (κ3) is 4.19. The zero-order chi connectivity index (χ0) is 27.3. The van der Waals surface area contributed by atoms with Crippen molar-refractivity contribution in [3.63, 3.8) is 0 Å². The highest BCUT2D eigenvalue weighted by atomic mass is 35.5. The SMILES string of the molecule is Clc1nc(-c2ccc3cc(-c4ccccc4)ccc3c2)nc(-c2ccc3ccc4c5ccccc5ccc4c3c2)n1. The first-order chi connectivity index (χ1) is 20.2. The lowest BCUT2D eigenvalue weighted by Gasteiger charge is -2.10. The Morgan fingerprint density at radius 2 is 0.878 bits per heavy atom. The van der Waals surface area contributed by atoms with Gasteiger partial charge >= 0.3 is 0 Å². The van der Waals surface area contributed by atoms with Crippen LogP contribution in [0.25, 0.3) is 77.0 Å². The first-order valence-corrected chi connectivity index (χ1v) is 13.9. The summed E-state index contributed by atoms with van der Waals surface area (Å²) in [4.78, 5) is 13.9. The Morgan fingerprint density at radius 1 is 0.341 bits per heavy atom. The Balaban J connectivity index is 1.22. The summed E-state index contributed by atoms with van der Waals surface area (Å²) >= 11 is 6.47. The Labute approximate surface area is 241 Å². The van der Waals surface area contributed by atoms with Crippen molar-refractivity contribution >= 4 is 54.7 Å². The van der Waals surface area contributed by atoms with Crippen LogP contribution in [0.4, 0.5) is 0 Å². The molecule has 0 spiro atoms. The lowest BCUT2D eigenvalue weighted by molar-refractivity contribution is 1.07. The second kappa shape index (κ2) is 9.51. The Bertz CT molecular complexity index is 2280. The number of nitrogens with zero attached hydrogens (tertiary/aromatic N) is 3. The number of halogens is 1. The minimum Gasteiger partial charge on any atom is -0.208 e. The number of rotatable bonds is 3. The summed E-state index contributed by atoms with van der Waals surface area (Å²) in [5.41, 5.74) is 4.18. The van der Waals surface area contributed by atoms with Gasteiger partial charge in [0.2, 0.25) is 5.28 Å². The van der Waals surface area contributed by atoms with Crippen LogP contribution < -0.4 is 0 Å². The van der Waals surface area contributed by atoms with Gasteiger partial charge in [0.1, 0.15) is 0 Å². The minimum atomic E-state index is 0.175. The van der Waals surface area contributed by atoms with Crippen molar-refractivity contribution in [3.8, 4) is 33.9 Å². The first-order valence-electron chi connectivity index (χ1n) is 13.6. The average Bonchev–Trinajstić information content (AvgIpc) is 3.03. The summed E-state index contributed by atoms with van der Waals surface area (Å²) in [6.07, 6.45) is 0. The molecule has 0 bridgehead atoms. The predicted molar refractivity (Wildman–Crippen MR) is 171 cm³/mol. The molecule has 0 amide bonds. The zero-order valence-corrected chi connectivity index (χ0v) is 22.7. The van der Waals surface area contributed by atoms with Crippen LogP contribution in [0.3, 0.4) is 0 Å². The van der Waals surface area contributed by atoms with E-state index in [-0.39, 0.29) is 5.28 Å². The molecule has 0 fully saturated rings. The van der Waals surface area contributed by atoms with E-state index >= 15 is 0 Å². The fourth-order valence-electron chi connectivity index (χ4n) is 5.76. The molecule has 0 aliphatic heterocycles. The second-order valence-corrected chi connectivity index (χ2v) is 10.6. The van der Waals surface area contributed by atoms with E-state index in [9.17, 15) is 0 Å². The molecule has 0 atom stereocenters. The van der Waals surface area contributed by atoms with E-state index in [1.807, 2.05) is 12.1 Å². The molecule has 0 radical (unpaired) electrons. The molecule has 0 aliphatic carbocycles. The molecular formula is C37H22ClN3. The van der Waals surface area contributed by atoms with Crippen molar-refractivity contribution in [2.24, 2.45) is 0 Å². The van der Waals surface area contributed by atoms with Crippen LogP contribution in [-0.2, 0) is 0 Å². The molecule has 0 unspecified atom stereocenters. The van der Waals surface area contributed by atoms with E-state index in [0.717, 1.165) is 27.3 Å². The van der Waals surface area contributed by atoms with Gasteiger partial charge in [-0.25, -0.2) is 4.98 Å². The Morgan fingerprint density at radius 3 is 1.63 bits per heavy atom. The zero-order valence-electron chi connectivity index (χ0n) is 21.9. The van der Waals surface area contributed by atoms with E-state index in [4.69, 9.17) is 16.6 Å². The van der Waals surface area contributed by atoms with E-state index in [0.29, 0.717) is 11.6 Å². The average molecular weight is 544 g/mol. The molecule has 1 heterocycles. The highest BCUT2D eigenvalue weighted by molar-refractivity contribution is 6.28. The maximum atomic E-state index is 6.47. The van der Waals surface area contributed by atoms with Crippen LogP contribution in [0.5, 0.6) is 0 Å². The van der Waals surface area contributed by atoms with Gasteiger partial charge < -0.3 is 0 Å². The van der Waals surface area contributed by atoms with Gasteiger partial charge in [0.25, 0.3) is 0 Å². The molecule has 8 rings (SSSR count). The van der Waals surface area contributed by atoms with Gasteiger partial charge in [-0.05, 0) is 84.0 Å². The first kappa shape index (κ1) is 23.7. The molecular weight excluding hydrogens is 522 g/mol. The van der Waals surface area contributed by atoms with Gasteiger partial charge in [0.05, 0.1) is 0 Å². The smallest absolute Gasteiger partial charge is 0.208 e. The largest absolute Gasteiger partial charge is 0.226 e. The van der Waals surface area contributed by atoms with Gasteiger partial charge in [-0.2, -0.15) is 9.97 Å². The van der Waals surface area contributed by atoms with Crippen molar-refractivity contribution < 1.29 is 0 Å². The van der Waals surface area contributed by atoms with Gasteiger partial charge in [-0.1, -0.05) is 115 Å². The molecule has 4 heteroatoms. The van der Waals surface area contributed by atoms with Crippen LogP contribution >= 0.6 is 11.6 Å². The van der Waals surface area contributed by atoms with Crippen molar-refractivity contribution in [1.29, 1.82) is 0 Å². The number of hydrogen-bond donors (Lipinski definition) is 0. The highest BCUT2D eigenvalue weighted by Crippen LogP contribution is 2.34. The predicted octanol–water partition coefficient (Wildman–Crippen LogP) is 10.1. The van der Waals surface area contributed by atoms with Crippen LogP contribution in [0, 0.1) is 0 Å². The van der Waals surface area contributed by atoms with E-state index in [2.05, 4.69) is 131 Å². The van der Waals surface area contributed by atoms with Crippen molar-refractivity contribution in [2.75, 3.05) is 0 Å². The quantitative estimate of drug-likeness (QED) is 0.208. The van der Waals surface area contributed by atoms with Crippen molar-refractivity contribution in [1.82, 2.24) is 15.0 Å². The summed E-state index contributed by atoms with van der Waals surface area (Å²) in [5.74, 6) is 1.11.